The topological polar surface area (TPSA) is 69.0 Å². The van der Waals surface area contributed by atoms with Gasteiger partial charge in [0.1, 0.15) is 19.0 Å². The van der Waals surface area contributed by atoms with E-state index >= 15 is 0 Å². The number of aromatic nitrogens is 2. The molecule has 1 aliphatic rings. The molecule has 3 aromatic rings. The molecule has 188 valence electrons. The summed E-state index contributed by atoms with van der Waals surface area (Å²) < 4.78 is 19.4. The summed E-state index contributed by atoms with van der Waals surface area (Å²) >= 11 is 6.25. The Bertz CT molecular complexity index is 1090. The predicted molar refractivity (Wildman–Crippen MR) is 136 cm³/mol. The lowest BCUT2D eigenvalue weighted by Gasteiger charge is -2.27. The van der Waals surface area contributed by atoms with Gasteiger partial charge in [0.05, 0.1) is 30.6 Å². The smallest absolute Gasteiger partial charge is 0.161 e. The Morgan fingerprint density at radius 3 is 2.74 bits per heavy atom. The first-order chi connectivity index (χ1) is 16.9. The van der Waals surface area contributed by atoms with Gasteiger partial charge in [-0.25, -0.2) is 4.98 Å². The molecule has 4 rings (SSSR count). The zero-order chi connectivity index (χ0) is 24.7. The first-order valence-electron chi connectivity index (χ1n) is 12.0. The molecule has 1 fully saturated rings. The standard InChI is InChI=1S/C27H34ClN3O4/c1-21-4-6-23(28)25(16-21)35-19-27(32)8-3-11-30(12-9-27)18-22-5-7-24(26(17-22)33-2)34-15-14-31-13-10-29-20-31/h4-7,10,13,16-17,20,32H,3,8-9,11-12,14-15,18-19H2,1-2H3/t27-/m1/s1. The van der Waals surface area contributed by atoms with Gasteiger partial charge in [0, 0.05) is 25.5 Å². The molecule has 8 heteroatoms. The van der Waals surface area contributed by atoms with Crippen LogP contribution in [0.4, 0.5) is 0 Å². The highest BCUT2D eigenvalue weighted by atomic mass is 35.5. The lowest BCUT2D eigenvalue weighted by atomic mass is 9.96. The third kappa shape index (κ3) is 7.13. The monoisotopic (exact) mass is 499 g/mol. The third-order valence-electron chi connectivity index (χ3n) is 6.39. The summed E-state index contributed by atoms with van der Waals surface area (Å²) in [6, 6.07) is 11.8. The normalized spacial score (nSPS) is 18.7. The van der Waals surface area contributed by atoms with Crippen LogP contribution in [-0.2, 0) is 13.1 Å². The number of aliphatic hydroxyl groups is 1. The summed E-state index contributed by atoms with van der Waals surface area (Å²) in [7, 11) is 1.66. The Labute approximate surface area is 212 Å². The molecule has 0 spiro atoms. The van der Waals surface area contributed by atoms with Gasteiger partial charge in [-0.3, -0.25) is 4.90 Å². The Morgan fingerprint density at radius 2 is 1.94 bits per heavy atom. The molecule has 1 atom stereocenters. The minimum Gasteiger partial charge on any atom is -0.493 e. The van der Waals surface area contributed by atoms with Gasteiger partial charge in [-0.15, -0.1) is 0 Å². The lowest BCUT2D eigenvalue weighted by Crippen LogP contribution is -2.37. The second-order valence-corrected chi connectivity index (χ2v) is 9.62. The number of halogens is 1. The minimum atomic E-state index is -0.869. The Kier molecular flexibility index (Phi) is 8.55. The largest absolute Gasteiger partial charge is 0.493 e. The molecule has 7 nitrogen and oxygen atoms in total. The SMILES string of the molecule is COc1cc(CN2CCC[C@](O)(COc3cc(C)ccc3Cl)CC2)ccc1OCCn1ccnc1. The van der Waals surface area contributed by atoms with Crippen molar-refractivity contribution in [1.82, 2.24) is 14.5 Å². The number of imidazole rings is 1. The number of likely N-dealkylation sites (tertiary alicyclic amines) is 1. The molecule has 0 bridgehead atoms. The average Bonchev–Trinajstić information content (AvgIpc) is 3.30. The van der Waals surface area contributed by atoms with Gasteiger partial charge in [-0.05, 0) is 68.1 Å². The number of rotatable bonds is 10. The summed E-state index contributed by atoms with van der Waals surface area (Å²) in [5.41, 5.74) is 1.36. The van der Waals surface area contributed by atoms with Crippen molar-refractivity contribution in [3.63, 3.8) is 0 Å². The number of benzene rings is 2. The summed E-state index contributed by atoms with van der Waals surface area (Å²) in [4.78, 5) is 6.41. The van der Waals surface area contributed by atoms with Crippen LogP contribution in [0.25, 0.3) is 0 Å². The zero-order valence-corrected chi connectivity index (χ0v) is 21.2. The fourth-order valence-corrected chi connectivity index (χ4v) is 4.51. The van der Waals surface area contributed by atoms with E-state index in [2.05, 4.69) is 16.0 Å². The van der Waals surface area contributed by atoms with Crippen LogP contribution in [0.3, 0.4) is 0 Å². The number of methoxy groups -OCH3 is 1. The maximum absolute atomic E-state index is 11.2. The van der Waals surface area contributed by atoms with Crippen LogP contribution in [0, 0.1) is 6.92 Å². The van der Waals surface area contributed by atoms with Crippen molar-refractivity contribution in [2.24, 2.45) is 0 Å². The Hall–Kier alpha value is -2.74. The van der Waals surface area contributed by atoms with E-state index in [-0.39, 0.29) is 6.61 Å². The lowest BCUT2D eigenvalue weighted by molar-refractivity contribution is -0.0168. The van der Waals surface area contributed by atoms with E-state index in [1.165, 1.54) is 0 Å². The average molecular weight is 500 g/mol. The van der Waals surface area contributed by atoms with Crippen LogP contribution in [0.1, 0.15) is 30.4 Å². The van der Waals surface area contributed by atoms with Crippen molar-refractivity contribution in [2.45, 2.75) is 44.9 Å². The molecule has 1 aliphatic heterocycles. The molecule has 1 aromatic heterocycles. The number of hydrogen-bond donors (Lipinski definition) is 1. The maximum atomic E-state index is 11.2. The highest BCUT2D eigenvalue weighted by Crippen LogP contribution is 2.31. The van der Waals surface area contributed by atoms with Gasteiger partial charge in [-0.2, -0.15) is 0 Å². The molecule has 0 aliphatic carbocycles. The van der Waals surface area contributed by atoms with Crippen LogP contribution in [0.2, 0.25) is 5.02 Å². The van der Waals surface area contributed by atoms with Crippen molar-refractivity contribution < 1.29 is 19.3 Å². The van der Waals surface area contributed by atoms with Crippen LogP contribution in [-0.4, -0.2) is 58.6 Å². The van der Waals surface area contributed by atoms with Crippen molar-refractivity contribution in [1.29, 1.82) is 0 Å². The van der Waals surface area contributed by atoms with Gasteiger partial charge in [0.2, 0.25) is 0 Å². The van der Waals surface area contributed by atoms with Crippen molar-refractivity contribution in [3.05, 3.63) is 71.3 Å². The molecular weight excluding hydrogens is 466 g/mol. The Morgan fingerprint density at radius 1 is 1.06 bits per heavy atom. The fourth-order valence-electron chi connectivity index (χ4n) is 4.34. The molecule has 35 heavy (non-hydrogen) atoms. The van der Waals surface area contributed by atoms with Crippen molar-refractivity contribution in [2.75, 3.05) is 33.4 Å². The van der Waals surface area contributed by atoms with E-state index < -0.39 is 5.60 Å². The molecule has 1 saturated heterocycles. The molecule has 2 aromatic carbocycles. The highest BCUT2D eigenvalue weighted by molar-refractivity contribution is 6.32. The number of ether oxygens (including phenoxy) is 3. The van der Waals surface area contributed by atoms with Crippen LogP contribution in [0.5, 0.6) is 17.2 Å². The van der Waals surface area contributed by atoms with E-state index in [4.69, 9.17) is 25.8 Å². The first kappa shape index (κ1) is 25.4. The molecule has 0 radical (unpaired) electrons. The molecule has 0 saturated carbocycles. The van der Waals surface area contributed by atoms with Gasteiger partial charge in [0.15, 0.2) is 11.5 Å². The molecule has 0 amide bonds. The molecular formula is C27H34ClN3O4. The number of nitrogens with zero attached hydrogens (tertiary/aromatic N) is 3. The molecule has 0 unspecified atom stereocenters. The Balaban J connectivity index is 1.30. The zero-order valence-electron chi connectivity index (χ0n) is 20.5. The van der Waals surface area contributed by atoms with Crippen LogP contribution >= 0.6 is 11.6 Å². The van der Waals surface area contributed by atoms with E-state index in [1.807, 2.05) is 48.0 Å². The van der Waals surface area contributed by atoms with Gasteiger partial charge in [-0.1, -0.05) is 23.7 Å². The van der Waals surface area contributed by atoms with E-state index in [1.54, 1.807) is 19.6 Å². The first-order valence-corrected chi connectivity index (χ1v) is 12.4. The van der Waals surface area contributed by atoms with E-state index in [0.717, 1.165) is 55.2 Å². The van der Waals surface area contributed by atoms with Gasteiger partial charge < -0.3 is 23.9 Å². The summed E-state index contributed by atoms with van der Waals surface area (Å²) in [5, 5.41) is 11.8. The van der Waals surface area contributed by atoms with Crippen molar-refractivity contribution >= 4 is 11.6 Å². The highest BCUT2D eigenvalue weighted by Gasteiger charge is 2.31. The van der Waals surface area contributed by atoms with E-state index in [9.17, 15) is 5.11 Å². The molecule has 1 N–H and O–H groups in total. The van der Waals surface area contributed by atoms with Crippen molar-refractivity contribution in [3.8, 4) is 17.2 Å². The second-order valence-electron chi connectivity index (χ2n) is 9.21. The fraction of sp³-hybridized carbons (Fsp3) is 0.444. The quantitative estimate of drug-likeness (QED) is 0.435. The summed E-state index contributed by atoms with van der Waals surface area (Å²) in [6.45, 7) is 5.98. The number of hydrogen-bond acceptors (Lipinski definition) is 6. The third-order valence-corrected chi connectivity index (χ3v) is 6.71. The minimum absolute atomic E-state index is 0.239. The van der Waals surface area contributed by atoms with E-state index in [0.29, 0.717) is 30.2 Å². The summed E-state index contributed by atoms with van der Waals surface area (Å²) in [5.74, 6) is 2.08. The predicted octanol–water partition coefficient (Wildman–Crippen LogP) is 4.73. The van der Waals surface area contributed by atoms with Gasteiger partial charge >= 0.3 is 0 Å². The number of aryl methyl sites for hydroxylation is 1. The van der Waals surface area contributed by atoms with Crippen LogP contribution < -0.4 is 14.2 Å². The molecule has 2 heterocycles. The van der Waals surface area contributed by atoms with Gasteiger partial charge in [0.25, 0.3) is 0 Å². The van der Waals surface area contributed by atoms with Crippen LogP contribution in [0.15, 0.2) is 55.1 Å². The second kappa shape index (κ2) is 11.8. The maximum Gasteiger partial charge on any atom is 0.161 e. The summed E-state index contributed by atoms with van der Waals surface area (Å²) in [6.07, 6.45) is 7.67.